The Labute approximate surface area is 99.6 Å². The molecule has 2 rings (SSSR count). The van der Waals surface area contributed by atoms with E-state index in [4.69, 9.17) is 0 Å². The highest BCUT2D eigenvalue weighted by molar-refractivity contribution is 9.10. The Kier molecular flexibility index (Phi) is 3.17. The van der Waals surface area contributed by atoms with E-state index in [-0.39, 0.29) is 11.5 Å². The van der Waals surface area contributed by atoms with Gasteiger partial charge in [0.25, 0.3) is 0 Å². The molecule has 15 heavy (non-hydrogen) atoms. The van der Waals surface area contributed by atoms with Gasteiger partial charge in [0, 0.05) is 9.89 Å². The van der Waals surface area contributed by atoms with Gasteiger partial charge in [0.05, 0.1) is 6.10 Å². The molecule has 1 nitrogen and oxygen atoms in total. The molecular formula is C13H17BrO. The lowest BCUT2D eigenvalue weighted by Gasteiger charge is -2.32. The molecule has 0 saturated heterocycles. The third-order valence-electron chi connectivity index (χ3n) is 3.71. The molecule has 1 aromatic carbocycles. The fraction of sp³-hybridized carbons (Fsp3) is 0.538. The molecule has 0 bridgehead atoms. The number of aliphatic hydroxyl groups is 1. The maximum Gasteiger partial charge on any atom is 0.0608 e. The number of hydrogen-bond donors (Lipinski definition) is 1. The molecule has 1 aliphatic rings. The van der Waals surface area contributed by atoms with Crippen LogP contribution in [0, 0.1) is 0 Å². The molecular weight excluding hydrogens is 252 g/mol. The predicted molar refractivity (Wildman–Crippen MR) is 66.0 cm³/mol. The van der Waals surface area contributed by atoms with Crippen LogP contribution >= 0.6 is 15.9 Å². The molecule has 2 heteroatoms. The minimum atomic E-state index is -0.249. The molecule has 0 radical (unpaired) electrons. The van der Waals surface area contributed by atoms with E-state index < -0.39 is 0 Å². The summed E-state index contributed by atoms with van der Waals surface area (Å²) in [5.74, 6) is 0. The predicted octanol–water partition coefficient (Wildman–Crippen LogP) is 3.64. The summed E-state index contributed by atoms with van der Waals surface area (Å²) in [6.45, 7) is 1.92. The van der Waals surface area contributed by atoms with Gasteiger partial charge in [0.2, 0.25) is 0 Å². The van der Waals surface area contributed by atoms with Gasteiger partial charge >= 0.3 is 0 Å². The smallest absolute Gasteiger partial charge is 0.0608 e. The van der Waals surface area contributed by atoms with Crippen molar-refractivity contribution in [3.8, 4) is 0 Å². The molecule has 1 atom stereocenters. The summed E-state index contributed by atoms with van der Waals surface area (Å²) in [5.41, 5.74) is 1.30. The van der Waals surface area contributed by atoms with Gasteiger partial charge in [0.15, 0.2) is 0 Å². The highest BCUT2D eigenvalue weighted by atomic mass is 79.9. The normalized spacial score (nSPS) is 21.5. The summed E-state index contributed by atoms with van der Waals surface area (Å²) in [7, 11) is 0. The molecule has 0 spiro atoms. The Balaban J connectivity index is 2.36. The standard InChI is InChI=1S/C13H17BrO/c1-10(15)13(8-2-3-9-13)11-4-6-12(14)7-5-11/h4-7,10,15H,2-3,8-9H2,1H3. The van der Waals surface area contributed by atoms with E-state index in [1.54, 1.807) is 0 Å². The van der Waals surface area contributed by atoms with Crippen molar-refractivity contribution in [3.63, 3.8) is 0 Å². The van der Waals surface area contributed by atoms with Gasteiger partial charge in [0.1, 0.15) is 0 Å². The van der Waals surface area contributed by atoms with E-state index in [2.05, 4.69) is 40.2 Å². The highest BCUT2D eigenvalue weighted by Crippen LogP contribution is 2.43. The molecule has 1 unspecified atom stereocenters. The second-order valence-corrected chi connectivity index (χ2v) is 5.46. The van der Waals surface area contributed by atoms with Crippen molar-refractivity contribution < 1.29 is 5.11 Å². The lowest BCUT2D eigenvalue weighted by molar-refractivity contribution is 0.0994. The number of rotatable bonds is 2. The first kappa shape index (κ1) is 11.2. The van der Waals surface area contributed by atoms with Gasteiger partial charge in [-0.05, 0) is 37.5 Å². The Hall–Kier alpha value is -0.340. The number of benzene rings is 1. The first-order valence-electron chi connectivity index (χ1n) is 5.59. The summed E-state index contributed by atoms with van der Waals surface area (Å²) in [6.07, 6.45) is 4.46. The van der Waals surface area contributed by atoms with Crippen molar-refractivity contribution in [1.82, 2.24) is 0 Å². The van der Waals surface area contributed by atoms with Gasteiger partial charge in [-0.15, -0.1) is 0 Å². The molecule has 1 aliphatic carbocycles. The van der Waals surface area contributed by atoms with Crippen molar-refractivity contribution >= 4 is 15.9 Å². The third-order valence-corrected chi connectivity index (χ3v) is 4.24. The summed E-state index contributed by atoms with van der Waals surface area (Å²) in [5, 5.41) is 10.0. The first-order valence-corrected chi connectivity index (χ1v) is 6.38. The SMILES string of the molecule is CC(O)C1(c2ccc(Br)cc2)CCCC1. The van der Waals surface area contributed by atoms with Crippen molar-refractivity contribution in [2.45, 2.75) is 44.1 Å². The van der Waals surface area contributed by atoms with Gasteiger partial charge < -0.3 is 5.11 Å². The van der Waals surface area contributed by atoms with E-state index in [0.29, 0.717) is 0 Å². The Morgan fingerprint density at radius 2 is 1.73 bits per heavy atom. The summed E-state index contributed by atoms with van der Waals surface area (Å²) < 4.78 is 1.10. The van der Waals surface area contributed by atoms with Crippen LogP contribution in [0.2, 0.25) is 0 Å². The summed E-state index contributed by atoms with van der Waals surface area (Å²) >= 11 is 3.45. The molecule has 0 heterocycles. The molecule has 1 saturated carbocycles. The van der Waals surface area contributed by atoms with E-state index in [0.717, 1.165) is 17.3 Å². The van der Waals surface area contributed by atoms with Crippen LogP contribution in [0.4, 0.5) is 0 Å². The molecule has 0 amide bonds. The molecule has 0 aliphatic heterocycles. The van der Waals surface area contributed by atoms with E-state index in [1.165, 1.54) is 18.4 Å². The van der Waals surface area contributed by atoms with Crippen LogP contribution in [0.1, 0.15) is 38.2 Å². The zero-order chi connectivity index (χ0) is 10.9. The fourth-order valence-electron chi connectivity index (χ4n) is 2.74. The second kappa shape index (κ2) is 4.26. The minimum Gasteiger partial charge on any atom is -0.392 e. The van der Waals surface area contributed by atoms with Crippen LogP contribution in [0.3, 0.4) is 0 Å². The minimum absolute atomic E-state index is 0.0146. The Morgan fingerprint density at radius 3 is 2.20 bits per heavy atom. The van der Waals surface area contributed by atoms with E-state index in [1.807, 2.05) is 6.92 Å². The molecule has 82 valence electrons. The maximum atomic E-state index is 10.0. The summed E-state index contributed by atoms with van der Waals surface area (Å²) in [6, 6.07) is 8.42. The largest absolute Gasteiger partial charge is 0.392 e. The van der Waals surface area contributed by atoms with Gasteiger partial charge in [-0.25, -0.2) is 0 Å². The second-order valence-electron chi connectivity index (χ2n) is 4.55. The van der Waals surface area contributed by atoms with Gasteiger partial charge in [-0.3, -0.25) is 0 Å². The lowest BCUT2D eigenvalue weighted by Crippen LogP contribution is -2.34. The highest BCUT2D eigenvalue weighted by Gasteiger charge is 2.39. The van der Waals surface area contributed by atoms with Crippen LogP contribution in [-0.4, -0.2) is 11.2 Å². The van der Waals surface area contributed by atoms with E-state index >= 15 is 0 Å². The molecule has 1 aromatic rings. The van der Waals surface area contributed by atoms with Crippen molar-refractivity contribution in [2.24, 2.45) is 0 Å². The van der Waals surface area contributed by atoms with E-state index in [9.17, 15) is 5.11 Å². The van der Waals surface area contributed by atoms with Crippen molar-refractivity contribution in [1.29, 1.82) is 0 Å². The number of halogens is 1. The first-order chi connectivity index (χ1) is 7.15. The maximum absolute atomic E-state index is 10.0. The third kappa shape index (κ3) is 1.98. The average molecular weight is 269 g/mol. The van der Waals surface area contributed by atoms with Crippen molar-refractivity contribution in [2.75, 3.05) is 0 Å². The number of hydrogen-bond acceptors (Lipinski definition) is 1. The zero-order valence-electron chi connectivity index (χ0n) is 9.04. The number of aliphatic hydroxyl groups excluding tert-OH is 1. The zero-order valence-corrected chi connectivity index (χ0v) is 10.6. The Morgan fingerprint density at radius 1 is 1.20 bits per heavy atom. The van der Waals surface area contributed by atoms with Crippen LogP contribution in [-0.2, 0) is 5.41 Å². The molecule has 1 fully saturated rings. The molecule has 0 aromatic heterocycles. The van der Waals surface area contributed by atoms with Crippen LogP contribution in [0.15, 0.2) is 28.7 Å². The monoisotopic (exact) mass is 268 g/mol. The van der Waals surface area contributed by atoms with Gasteiger partial charge in [-0.2, -0.15) is 0 Å². The molecule has 1 N–H and O–H groups in total. The van der Waals surface area contributed by atoms with Crippen LogP contribution < -0.4 is 0 Å². The van der Waals surface area contributed by atoms with Crippen LogP contribution in [0.5, 0.6) is 0 Å². The quantitative estimate of drug-likeness (QED) is 0.869. The lowest BCUT2D eigenvalue weighted by atomic mass is 9.75. The Bertz CT molecular complexity index is 323. The average Bonchev–Trinajstić information content (AvgIpc) is 2.69. The van der Waals surface area contributed by atoms with Crippen molar-refractivity contribution in [3.05, 3.63) is 34.3 Å². The fourth-order valence-corrected chi connectivity index (χ4v) is 3.00. The summed E-state index contributed by atoms with van der Waals surface area (Å²) in [4.78, 5) is 0. The van der Waals surface area contributed by atoms with Gasteiger partial charge in [-0.1, -0.05) is 40.9 Å². The topological polar surface area (TPSA) is 20.2 Å². The van der Waals surface area contributed by atoms with Crippen LogP contribution in [0.25, 0.3) is 0 Å².